The largest absolute Gasteiger partial charge is 0.481 e. The van der Waals surface area contributed by atoms with Crippen LogP contribution in [0.2, 0.25) is 0 Å². The van der Waals surface area contributed by atoms with Crippen molar-refractivity contribution >= 4 is 17.9 Å². The second-order valence-electron chi connectivity index (χ2n) is 4.52. The van der Waals surface area contributed by atoms with E-state index in [2.05, 4.69) is 16.0 Å². The number of carboxylic acids is 1. The van der Waals surface area contributed by atoms with Crippen molar-refractivity contribution in [1.29, 1.82) is 0 Å². The quantitative estimate of drug-likeness (QED) is 0.513. The topological polar surface area (TPSA) is 108 Å². The maximum atomic E-state index is 11.3. The third-order valence-electron chi connectivity index (χ3n) is 1.98. The van der Waals surface area contributed by atoms with Crippen LogP contribution >= 0.6 is 0 Å². The fourth-order valence-corrected chi connectivity index (χ4v) is 1.13. The van der Waals surface area contributed by atoms with Gasteiger partial charge in [0, 0.05) is 12.6 Å². The van der Waals surface area contributed by atoms with Crippen molar-refractivity contribution in [2.24, 2.45) is 5.92 Å². The maximum absolute atomic E-state index is 11.3. The molecule has 0 saturated carbocycles. The summed E-state index contributed by atoms with van der Waals surface area (Å²) in [5.74, 6) is -0.916. The number of carbonyl (C=O) groups is 3. The highest BCUT2D eigenvalue weighted by Gasteiger charge is 2.11. The van der Waals surface area contributed by atoms with Crippen molar-refractivity contribution in [2.45, 2.75) is 33.2 Å². The van der Waals surface area contributed by atoms with E-state index in [-0.39, 0.29) is 18.9 Å². The zero-order valence-corrected chi connectivity index (χ0v) is 10.9. The first kappa shape index (κ1) is 16.2. The lowest BCUT2D eigenvalue weighted by atomic mass is 10.2. The first-order valence-electron chi connectivity index (χ1n) is 5.84. The van der Waals surface area contributed by atoms with Crippen molar-refractivity contribution in [2.75, 3.05) is 13.1 Å². The van der Waals surface area contributed by atoms with Crippen molar-refractivity contribution in [1.82, 2.24) is 16.0 Å². The van der Waals surface area contributed by atoms with Crippen LogP contribution in [0, 0.1) is 5.92 Å². The average Bonchev–Trinajstić information content (AvgIpc) is 2.22. The summed E-state index contributed by atoms with van der Waals surface area (Å²) < 4.78 is 0. The van der Waals surface area contributed by atoms with E-state index >= 15 is 0 Å². The highest BCUT2D eigenvalue weighted by Crippen LogP contribution is 1.89. The Hall–Kier alpha value is -1.79. The molecular formula is C11H21N3O4. The van der Waals surface area contributed by atoms with Gasteiger partial charge in [0.25, 0.3) is 0 Å². The molecule has 104 valence electrons. The van der Waals surface area contributed by atoms with Crippen LogP contribution in [0.4, 0.5) is 4.79 Å². The smallest absolute Gasteiger partial charge is 0.315 e. The van der Waals surface area contributed by atoms with Gasteiger partial charge in [-0.1, -0.05) is 13.8 Å². The van der Waals surface area contributed by atoms with E-state index in [1.807, 2.05) is 13.8 Å². The molecular weight excluding hydrogens is 238 g/mol. The minimum atomic E-state index is -0.988. The Bertz CT molecular complexity index is 305. The fourth-order valence-electron chi connectivity index (χ4n) is 1.13. The van der Waals surface area contributed by atoms with Crippen LogP contribution in [0.5, 0.6) is 0 Å². The van der Waals surface area contributed by atoms with Crippen molar-refractivity contribution < 1.29 is 19.5 Å². The second-order valence-corrected chi connectivity index (χ2v) is 4.52. The molecule has 0 aliphatic heterocycles. The summed E-state index contributed by atoms with van der Waals surface area (Å²) in [6, 6.07) is -1.04. The molecule has 0 saturated heterocycles. The van der Waals surface area contributed by atoms with Gasteiger partial charge < -0.3 is 21.1 Å². The fraction of sp³-hybridized carbons (Fsp3) is 0.727. The van der Waals surface area contributed by atoms with Gasteiger partial charge in [0.05, 0.1) is 13.0 Å². The Balaban J connectivity index is 3.76. The van der Waals surface area contributed by atoms with Crippen molar-refractivity contribution in [3.8, 4) is 0 Å². The predicted octanol–water partition coefficient (Wildman–Crippen LogP) is -0.0790. The SMILES string of the molecule is CC(C)CNC(=O)CNC(=O)NC(C)CC(=O)O. The minimum Gasteiger partial charge on any atom is -0.481 e. The summed E-state index contributed by atoms with van der Waals surface area (Å²) in [4.78, 5) is 32.9. The molecule has 18 heavy (non-hydrogen) atoms. The molecule has 0 fully saturated rings. The van der Waals surface area contributed by atoms with Gasteiger partial charge in [-0.15, -0.1) is 0 Å². The number of urea groups is 1. The van der Waals surface area contributed by atoms with Crippen LogP contribution < -0.4 is 16.0 Å². The van der Waals surface area contributed by atoms with E-state index in [4.69, 9.17) is 5.11 Å². The molecule has 0 aliphatic carbocycles. The predicted molar refractivity (Wildman–Crippen MR) is 66.1 cm³/mol. The summed E-state index contributed by atoms with van der Waals surface area (Å²) in [5, 5.41) is 15.9. The first-order valence-corrected chi connectivity index (χ1v) is 5.84. The summed E-state index contributed by atoms with van der Waals surface area (Å²) in [6.07, 6.45) is -0.160. The number of nitrogens with one attached hydrogen (secondary N) is 3. The van der Waals surface area contributed by atoms with Crippen LogP contribution in [0.15, 0.2) is 0 Å². The lowest BCUT2D eigenvalue weighted by molar-refractivity contribution is -0.137. The number of hydrogen-bond donors (Lipinski definition) is 4. The van der Waals surface area contributed by atoms with Gasteiger partial charge in [0.1, 0.15) is 0 Å². The first-order chi connectivity index (χ1) is 8.31. The average molecular weight is 259 g/mol. The summed E-state index contributed by atoms with van der Waals surface area (Å²) in [5.41, 5.74) is 0. The van der Waals surface area contributed by atoms with Gasteiger partial charge in [-0.2, -0.15) is 0 Å². The van der Waals surface area contributed by atoms with Gasteiger partial charge in [0.2, 0.25) is 5.91 Å². The number of rotatable bonds is 7. The van der Waals surface area contributed by atoms with Gasteiger partial charge in [-0.3, -0.25) is 9.59 Å². The standard InChI is InChI=1S/C11H21N3O4/c1-7(2)5-12-9(15)6-13-11(18)14-8(3)4-10(16)17/h7-8H,4-6H2,1-3H3,(H,12,15)(H,16,17)(H2,13,14,18). The molecule has 0 aromatic heterocycles. The minimum absolute atomic E-state index is 0.127. The highest BCUT2D eigenvalue weighted by molar-refractivity contribution is 5.84. The Labute approximate surface area is 106 Å². The van der Waals surface area contributed by atoms with Crippen LogP contribution in [0.3, 0.4) is 0 Å². The van der Waals surface area contributed by atoms with E-state index < -0.39 is 18.0 Å². The van der Waals surface area contributed by atoms with E-state index in [0.29, 0.717) is 12.5 Å². The van der Waals surface area contributed by atoms with E-state index in [1.165, 1.54) is 0 Å². The monoisotopic (exact) mass is 259 g/mol. The lowest BCUT2D eigenvalue weighted by Gasteiger charge is -2.13. The van der Waals surface area contributed by atoms with E-state index in [0.717, 1.165) is 0 Å². The zero-order chi connectivity index (χ0) is 14.1. The number of aliphatic carboxylic acids is 1. The van der Waals surface area contributed by atoms with Crippen molar-refractivity contribution in [3.63, 3.8) is 0 Å². The molecule has 7 nitrogen and oxygen atoms in total. The molecule has 3 amide bonds. The van der Waals surface area contributed by atoms with E-state index in [1.54, 1.807) is 6.92 Å². The summed E-state index contributed by atoms with van der Waals surface area (Å²) in [7, 11) is 0. The molecule has 0 aromatic carbocycles. The number of amides is 3. The Morgan fingerprint density at radius 3 is 2.22 bits per heavy atom. The molecule has 0 spiro atoms. The Morgan fingerprint density at radius 2 is 1.72 bits per heavy atom. The molecule has 1 atom stereocenters. The van der Waals surface area contributed by atoms with Gasteiger partial charge >= 0.3 is 12.0 Å². The van der Waals surface area contributed by atoms with Crippen LogP contribution in [0.25, 0.3) is 0 Å². The number of hydrogen-bond acceptors (Lipinski definition) is 3. The summed E-state index contributed by atoms with van der Waals surface area (Å²) >= 11 is 0. The van der Waals surface area contributed by atoms with Crippen LogP contribution in [-0.4, -0.2) is 42.1 Å². The molecule has 0 bridgehead atoms. The molecule has 0 aromatic rings. The van der Waals surface area contributed by atoms with Gasteiger partial charge in [-0.05, 0) is 12.8 Å². The zero-order valence-electron chi connectivity index (χ0n) is 10.9. The van der Waals surface area contributed by atoms with Gasteiger partial charge in [-0.25, -0.2) is 4.79 Å². The molecule has 0 heterocycles. The number of carboxylic acid groups (broad SMARTS) is 1. The van der Waals surface area contributed by atoms with Crippen LogP contribution in [-0.2, 0) is 9.59 Å². The van der Waals surface area contributed by atoms with Crippen LogP contribution in [0.1, 0.15) is 27.2 Å². The number of carbonyl (C=O) groups excluding carboxylic acids is 2. The van der Waals surface area contributed by atoms with Gasteiger partial charge in [0.15, 0.2) is 0 Å². The molecule has 0 radical (unpaired) electrons. The van der Waals surface area contributed by atoms with Crippen molar-refractivity contribution in [3.05, 3.63) is 0 Å². The molecule has 0 aliphatic rings. The molecule has 4 N–H and O–H groups in total. The lowest BCUT2D eigenvalue weighted by Crippen LogP contribution is -2.45. The Morgan fingerprint density at radius 1 is 1.11 bits per heavy atom. The Kier molecular flexibility index (Phi) is 7.50. The highest BCUT2D eigenvalue weighted by atomic mass is 16.4. The summed E-state index contributed by atoms with van der Waals surface area (Å²) in [6.45, 7) is 5.93. The second kappa shape index (κ2) is 8.32. The third-order valence-corrected chi connectivity index (χ3v) is 1.98. The maximum Gasteiger partial charge on any atom is 0.315 e. The molecule has 0 rings (SSSR count). The molecule has 7 heteroatoms. The normalized spacial score (nSPS) is 11.8. The van der Waals surface area contributed by atoms with E-state index in [9.17, 15) is 14.4 Å². The third kappa shape index (κ3) is 9.44. The molecule has 1 unspecified atom stereocenters.